The third kappa shape index (κ3) is 2.96. The molecule has 0 aliphatic carbocycles. The SMILES string of the molecule is Cc1c(C(=O)N(C)C2CCNCC2)oc2c(Cl)cccc12.Cl. The summed E-state index contributed by atoms with van der Waals surface area (Å²) >= 11 is 6.15. The first-order chi connectivity index (χ1) is 10.1. The van der Waals surface area contributed by atoms with Crippen LogP contribution in [-0.4, -0.2) is 37.0 Å². The minimum absolute atomic E-state index is 0. The second-order valence-electron chi connectivity index (χ2n) is 5.57. The summed E-state index contributed by atoms with van der Waals surface area (Å²) in [6, 6.07) is 5.85. The van der Waals surface area contributed by atoms with Gasteiger partial charge in [-0.05, 0) is 38.9 Å². The standard InChI is InChI=1S/C16H19ClN2O2.ClH/c1-10-12-4-3-5-13(17)15(12)21-14(10)16(20)19(2)11-6-8-18-9-7-11;/h3-5,11,18H,6-9H2,1-2H3;1H. The van der Waals surface area contributed by atoms with Crippen LogP contribution in [0.4, 0.5) is 0 Å². The van der Waals surface area contributed by atoms with Crippen LogP contribution in [0.2, 0.25) is 5.02 Å². The smallest absolute Gasteiger partial charge is 0.289 e. The molecule has 2 heterocycles. The first kappa shape index (κ1) is 17.1. The molecule has 0 spiro atoms. The topological polar surface area (TPSA) is 45.5 Å². The van der Waals surface area contributed by atoms with Crippen molar-refractivity contribution < 1.29 is 9.21 Å². The third-order valence-corrected chi connectivity index (χ3v) is 4.58. The number of benzene rings is 1. The summed E-state index contributed by atoms with van der Waals surface area (Å²) in [5, 5.41) is 4.76. The van der Waals surface area contributed by atoms with Crippen LogP contribution in [0, 0.1) is 6.92 Å². The summed E-state index contributed by atoms with van der Waals surface area (Å²) in [7, 11) is 1.85. The van der Waals surface area contributed by atoms with E-state index in [1.165, 1.54) is 0 Å². The van der Waals surface area contributed by atoms with Gasteiger partial charge in [-0.25, -0.2) is 0 Å². The van der Waals surface area contributed by atoms with Crippen LogP contribution in [0.25, 0.3) is 11.0 Å². The van der Waals surface area contributed by atoms with Gasteiger partial charge in [-0.2, -0.15) is 0 Å². The fourth-order valence-corrected chi connectivity index (χ4v) is 3.15. The number of carbonyl (C=O) groups excluding carboxylic acids is 1. The molecule has 0 bridgehead atoms. The highest BCUT2D eigenvalue weighted by Crippen LogP contribution is 2.31. The van der Waals surface area contributed by atoms with Crippen molar-refractivity contribution in [3.8, 4) is 0 Å². The van der Waals surface area contributed by atoms with Crippen molar-refractivity contribution in [3.63, 3.8) is 0 Å². The number of nitrogens with one attached hydrogen (secondary N) is 1. The molecule has 22 heavy (non-hydrogen) atoms. The Balaban J connectivity index is 0.00000176. The van der Waals surface area contributed by atoms with Gasteiger partial charge in [-0.1, -0.05) is 23.7 Å². The number of furan rings is 1. The molecule has 1 aliphatic heterocycles. The number of aryl methyl sites for hydroxylation is 1. The number of nitrogens with zero attached hydrogens (tertiary/aromatic N) is 1. The van der Waals surface area contributed by atoms with E-state index in [2.05, 4.69) is 5.32 Å². The Morgan fingerprint density at radius 2 is 2.05 bits per heavy atom. The Morgan fingerprint density at radius 3 is 2.68 bits per heavy atom. The zero-order chi connectivity index (χ0) is 15.0. The van der Waals surface area contributed by atoms with Gasteiger partial charge in [-0.15, -0.1) is 12.4 Å². The highest BCUT2D eigenvalue weighted by molar-refractivity contribution is 6.35. The van der Waals surface area contributed by atoms with E-state index >= 15 is 0 Å². The Hall–Kier alpha value is -1.23. The first-order valence-electron chi connectivity index (χ1n) is 7.25. The minimum atomic E-state index is -0.0633. The van der Waals surface area contributed by atoms with Crippen LogP contribution in [0.1, 0.15) is 29.0 Å². The molecule has 0 unspecified atom stereocenters. The maximum absolute atomic E-state index is 12.7. The molecule has 0 atom stereocenters. The number of hydrogen-bond donors (Lipinski definition) is 1. The lowest BCUT2D eigenvalue weighted by molar-refractivity contribution is 0.0672. The second-order valence-corrected chi connectivity index (χ2v) is 5.98. The van der Waals surface area contributed by atoms with Crippen LogP contribution in [0.3, 0.4) is 0 Å². The van der Waals surface area contributed by atoms with Crippen molar-refractivity contribution >= 4 is 40.9 Å². The van der Waals surface area contributed by atoms with Gasteiger partial charge in [-0.3, -0.25) is 4.79 Å². The van der Waals surface area contributed by atoms with Crippen LogP contribution < -0.4 is 5.32 Å². The number of rotatable bonds is 2. The number of piperidine rings is 1. The molecule has 3 rings (SSSR count). The van der Waals surface area contributed by atoms with Gasteiger partial charge in [0.25, 0.3) is 5.91 Å². The molecule has 4 nitrogen and oxygen atoms in total. The average Bonchev–Trinajstić information content (AvgIpc) is 2.85. The number of carbonyl (C=O) groups is 1. The molecule has 1 amide bonds. The number of fused-ring (bicyclic) bond motifs is 1. The molecule has 0 saturated carbocycles. The molecule has 2 aromatic rings. The van der Waals surface area contributed by atoms with Gasteiger partial charge in [0.1, 0.15) is 0 Å². The normalized spacial score (nSPS) is 15.6. The quantitative estimate of drug-likeness (QED) is 0.906. The molecule has 1 N–H and O–H groups in total. The Kier molecular flexibility index (Phi) is 5.37. The van der Waals surface area contributed by atoms with Crippen LogP contribution in [0.15, 0.2) is 22.6 Å². The predicted octanol–water partition coefficient (Wildman–Crippen LogP) is 3.64. The lowest BCUT2D eigenvalue weighted by Gasteiger charge is -2.31. The molecule has 1 saturated heterocycles. The number of halogens is 2. The molecule has 6 heteroatoms. The van der Waals surface area contributed by atoms with Gasteiger partial charge in [0.15, 0.2) is 11.3 Å². The predicted molar refractivity (Wildman–Crippen MR) is 91.2 cm³/mol. The summed E-state index contributed by atoms with van der Waals surface area (Å²) in [5.41, 5.74) is 1.46. The van der Waals surface area contributed by atoms with E-state index < -0.39 is 0 Å². The number of amides is 1. The van der Waals surface area contributed by atoms with Gasteiger partial charge in [0.05, 0.1) is 5.02 Å². The van der Waals surface area contributed by atoms with Gasteiger partial charge in [0.2, 0.25) is 0 Å². The van der Waals surface area contributed by atoms with E-state index in [4.69, 9.17) is 16.0 Å². The highest BCUT2D eigenvalue weighted by Gasteiger charge is 2.27. The van der Waals surface area contributed by atoms with Crippen molar-refractivity contribution in [2.45, 2.75) is 25.8 Å². The highest BCUT2D eigenvalue weighted by atomic mass is 35.5. The molecular weight excluding hydrogens is 323 g/mol. The summed E-state index contributed by atoms with van der Waals surface area (Å²) in [4.78, 5) is 14.5. The van der Waals surface area contributed by atoms with E-state index in [0.717, 1.165) is 36.9 Å². The maximum atomic E-state index is 12.7. The van der Waals surface area contributed by atoms with E-state index in [1.807, 2.05) is 26.1 Å². The number of para-hydroxylation sites is 1. The second kappa shape index (κ2) is 6.90. The molecule has 120 valence electrons. The van der Waals surface area contributed by atoms with E-state index in [1.54, 1.807) is 11.0 Å². The zero-order valence-corrected chi connectivity index (χ0v) is 14.3. The van der Waals surface area contributed by atoms with Crippen molar-refractivity contribution in [3.05, 3.63) is 34.5 Å². The van der Waals surface area contributed by atoms with Gasteiger partial charge >= 0.3 is 0 Å². The molecule has 1 aromatic carbocycles. The van der Waals surface area contributed by atoms with Crippen molar-refractivity contribution in [2.24, 2.45) is 0 Å². The third-order valence-electron chi connectivity index (χ3n) is 4.29. The summed E-state index contributed by atoms with van der Waals surface area (Å²) < 4.78 is 5.76. The van der Waals surface area contributed by atoms with Gasteiger partial charge in [0, 0.05) is 24.0 Å². The molecule has 1 aromatic heterocycles. The molecule has 1 aliphatic rings. The largest absolute Gasteiger partial charge is 0.449 e. The molecule has 0 radical (unpaired) electrons. The fraction of sp³-hybridized carbons (Fsp3) is 0.438. The lowest BCUT2D eigenvalue weighted by atomic mass is 10.0. The maximum Gasteiger partial charge on any atom is 0.289 e. The van der Waals surface area contributed by atoms with E-state index in [9.17, 15) is 4.79 Å². The Bertz CT molecular complexity index is 678. The van der Waals surface area contributed by atoms with Gasteiger partial charge < -0.3 is 14.6 Å². The van der Waals surface area contributed by atoms with Crippen LogP contribution in [-0.2, 0) is 0 Å². The molecular formula is C16H20Cl2N2O2. The van der Waals surface area contributed by atoms with Crippen molar-refractivity contribution in [1.82, 2.24) is 10.2 Å². The lowest BCUT2D eigenvalue weighted by Crippen LogP contribution is -2.44. The monoisotopic (exact) mass is 342 g/mol. The van der Waals surface area contributed by atoms with Crippen molar-refractivity contribution in [2.75, 3.05) is 20.1 Å². The molecule has 1 fully saturated rings. The first-order valence-corrected chi connectivity index (χ1v) is 7.63. The van der Waals surface area contributed by atoms with E-state index in [-0.39, 0.29) is 24.4 Å². The van der Waals surface area contributed by atoms with Crippen LogP contribution >= 0.6 is 24.0 Å². The Morgan fingerprint density at radius 1 is 1.36 bits per heavy atom. The summed E-state index contributed by atoms with van der Waals surface area (Å²) in [6.45, 7) is 3.81. The number of hydrogen-bond acceptors (Lipinski definition) is 3. The van der Waals surface area contributed by atoms with E-state index in [0.29, 0.717) is 16.4 Å². The van der Waals surface area contributed by atoms with Crippen LogP contribution in [0.5, 0.6) is 0 Å². The fourth-order valence-electron chi connectivity index (χ4n) is 2.93. The zero-order valence-electron chi connectivity index (χ0n) is 12.7. The summed E-state index contributed by atoms with van der Waals surface area (Å²) in [6.07, 6.45) is 1.95. The summed E-state index contributed by atoms with van der Waals surface area (Å²) in [5.74, 6) is 0.339. The average molecular weight is 343 g/mol. The Labute approximate surface area is 141 Å². The minimum Gasteiger partial charge on any atom is -0.449 e. The van der Waals surface area contributed by atoms with Crippen molar-refractivity contribution in [1.29, 1.82) is 0 Å².